The van der Waals surface area contributed by atoms with Crippen LogP contribution in [0.3, 0.4) is 0 Å². The summed E-state index contributed by atoms with van der Waals surface area (Å²) in [5.74, 6) is 1.06. The lowest BCUT2D eigenvalue weighted by atomic mass is 10.0. The molecule has 0 N–H and O–H groups in total. The van der Waals surface area contributed by atoms with Gasteiger partial charge >= 0.3 is 0 Å². The van der Waals surface area contributed by atoms with Gasteiger partial charge in [-0.25, -0.2) is 0 Å². The van der Waals surface area contributed by atoms with E-state index in [9.17, 15) is 4.79 Å². The number of Topliss-reactive ketones (excluding diaryl/α,β-unsaturated/α-hetero) is 1. The summed E-state index contributed by atoms with van der Waals surface area (Å²) in [6.07, 6.45) is 0.177. The van der Waals surface area contributed by atoms with Crippen LogP contribution in [-0.2, 0) is 13.5 Å². The van der Waals surface area contributed by atoms with E-state index in [1.807, 2.05) is 6.92 Å². The van der Waals surface area contributed by atoms with Crippen LogP contribution in [0.25, 0.3) is 0 Å². The highest BCUT2D eigenvalue weighted by atomic mass is 35.5. The zero-order chi connectivity index (χ0) is 15.0. The fourth-order valence-corrected chi connectivity index (χ4v) is 2.64. The number of benzene rings is 1. The third kappa shape index (κ3) is 2.49. The first-order valence-corrected chi connectivity index (χ1v) is 7.05. The molecule has 1 aliphatic rings. The van der Waals surface area contributed by atoms with E-state index < -0.39 is 0 Å². The number of carbonyl (C=O) groups is 1. The van der Waals surface area contributed by atoms with Crippen LogP contribution >= 0.6 is 11.6 Å². The molecule has 5 nitrogen and oxygen atoms in total. The highest BCUT2D eigenvalue weighted by molar-refractivity contribution is 6.32. The number of ketones is 1. The van der Waals surface area contributed by atoms with Gasteiger partial charge in [0.25, 0.3) is 0 Å². The van der Waals surface area contributed by atoms with E-state index in [1.54, 1.807) is 29.9 Å². The van der Waals surface area contributed by atoms with E-state index in [-0.39, 0.29) is 12.2 Å². The molecule has 0 fully saturated rings. The number of hydrogen-bond donors (Lipinski definition) is 0. The Morgan fingerprint density at radius 1 is 1.38 bits per heavy atom. The summed E-state index contributed by atoms with van der Waals surface area (Å²) >= 11 is 6.20. The Labute approximate surface area is 127 Å². The minimum absolute atomic E-state index is 0.0674. The van der Waals surface area contributed by atoms with Gasteiger partial charge in [-0.05, 0) is 19.1 Å². The van der Waals surface area contributed by atoms with Crippen molar-refractivity contribution in [1.82, 2.24) is 9.78 Å². The Balaban J connectivity index is 1.93. The maximum atomic E-state index is 12.6. The number of hydrogen-bond acceptors (Lipinski definition) is 4. The van der Waals surface area contributed by atoms with Crippen LogP contribution in [0.2, 0.25) is 5.02 Å². The van der Waals surface area contributed by atoms with Crippen molar-refractivity contribution in [2.24, 2.45) is 7.05 Å². The standard InChI is InChI=1S/C15H15ClN2O3/c1-9-14(16)11(18(2)17-9)8-12(19)10-4-3-5-13-15(10)21-7-6-20-13/h3-5H,6-8H2,1-2H3. The molecule has 0 saturated heterocycles. The number of carbonyl (C=O) groups excluding carboxylic acids is 1. The first-order valence-electron chi connectivity index (χ1n) is 6.67. The van der Waals surface area contributed by atoms with Crippen LogP contribution < -0.4 is 9.47 Å². The van der Waals surface area contributed by atoms with E-state index >= 15 is 0 Å². The molecule has 0 saturated carbocycles. The molecule has 110 valence electrons. The lowest BCUT2D eigenvalue weighted by Crippen LogP contribution is -2.18. The zero-order valence-corrected chi connectivity index (χ0v) is 12.6. The average Bonchev–Trinajstić information content (AvgIpc) is 2.73. The molecule has 1 aromatic carbocycles. The van der Waals surface area contributed by atoms with Crippen molar-refractivity contribution in [1.29, 1.82) is 0 Å². The van der Waals surface area contributed by atoms with Gasteiger partial charge in [-0.15, -0.1) is 0 Å². The predicted octanol–water partition coefficient (Wildman–Crippen LogP) is 2.58. The zero-order valence-electron chi connectivity index (χ0n) is 11.9. The average molecular weight is 307 g/mol. The van der Waals surface area contributed by atoms with Gasteiger partial charge in [-0.3, -0.25) is 9.48 Å². The van der Waals surface area contributed by atoms with Crippen LogP contribution in [0.4, 0.5) is 0 Å². The van der Waals surface area contributed by atoms with E-state index in [4.69, 9.17) is 21.1 Å². The van der Waals surface area contributed by atoms with Gasteiger partial charge in [0.1, 0.15) is 13.2 Å². The van der Waals surface area contributed by atoms with Crippen LogP contribution in [0.1, 0.15) is 21.7 Å². The maximum absolute atomic E-state index is 12.6. The van der Waals surface area contributed by atoms with Crippen molar-refractivity contribution in [3.05, 3.63) is 40.2 Å². The van der Waals surface area contributed by atoms with E-state index in [0.717, 1.165) is 5.69 Å². The normalized spacial score (nSPS) is 13.3. The number of aromatic nitrogens is 2. The lowest BCUT2D eigenvalue weighted by Gasteiger charge is -2.20. The van der Waals surface area contributed by atoms with Crippen LogP contribution in [0, 0.1) is 6.92 Å². The van der Waals surface area contributed by atoms with Gasteiger partial charge in [0.05, 0.1) is 28.4 Å². The van der Waals surface area contributed by atoms with Crippen molar-refractivity contribution >= 4 is 17.4 Å². The second kappa shape index (κ2) is 5.41. The van der Waals surface area contributed by atoms with Gasteiger partial charge in [0, 0.05) is 7.05 Å². The Bertz CT molecular complexity index is 709. The molecule has 0 radical (unpaired) electrons. The fourth-order valence-electron chi connectivity index (χ4n) is 2.41. The Hall–Kier alpha value is -2.01. The molecule has 0 amide bonds. The van der Waals surface area contributed by atoms with Crippen molar-refractivity contribution in [3.63, 3.8) is 0 Å². The highest BCUT2D eigenvalue weighted by Gasteiger charge is 2.22. The first-order chi connectivity index (χ1) is 10.1. The molecule has 1 aliphatic heterocycles. The summed E-state index contributed by atoms with van der Waals surface area (Å²) in [4.78, 5) is 12.6. The molecule has 0 unspecified atom stereocenters. The minimum Gasteiger partial charge on any atom is -0.486 e. The minimum atomic E-state index is -0.0674. The SMILES string of the molecule is Cc1nn(C)c(CC(=O)c2cccc3c2OCCO3)c1Cl. The molecule has 6 heteroatoms. The summed E-state index contributed by atoms with van der Waals surface area (Å²) in [7, 11) is 1.78. The van der Waals surface area contributed by atoms with Crippen LogP contribution in [0.5, 0.6) is 11.5 Å². The molecule has 2 heterocycles. The Kier molecular flexibility index (Phi) is 3.59. The number of para-hydroxylation sites is 1. The number of halogens is 1. The highest BCUT2D eigenvalue weighted by Crippen LogP contribution is 2.34. The molecule has 0 aliphatic carbocycles. The summed E-state index contributed by atoms with van der Waals surface area (Å²) in [6.45, 7) is 2.76. The molecule has 3 rings (SSSR count). The molecule has 0 atom stereocenters. The van der Waals surface area contributed by atoms with Gasteiger partial charge < -0.3 is 9.47 Å². The molecule has 2 aromatic rings. The summed E-state index contributed by atoms with van der Waals surface area (Å²) in [5.41, 5.74) is 1.94. The Morgan fingerprint density at radius 3 is 2.86 bits per heavy atom. The first kappa shape index (κ1) is 13.9. The fraction of sp³-hybridized carbons (Fsp3) is 0.333. The van der Waals surface area contributed by atoms with Crippen molar-refractivity contribution in [2.75, 3.05) is 13.2 Å². The molecular weight excluding hydrogens is 292 g/mol. The molecule has 1 aromatic heterocycles. The third-order valence-corrected chi connectivity index (χ3v) is 3.95. The van der Waals surface area contributed by atoms with Gasteiger partial charge in [-0.1, -0.05) is 17.7 Å². The number of fused-ring (bicyclic) bond motifs is 1. The van der Waals surface area contributed by atoms with Crippen molar-refractivity contribution in [2.45, 2.75) is 13.3 Å². The van der Waals surface area contributed by atoms with E-state index in [1.165, 1.54) is 0 Å². The summed E-state index contributed by atoms with van der Waals surface area (Å²) in [6, 6.07) is 5.33. The van der Waals surface area contributed by atoms with Crippen molar-refractivity contribution < 1.29 is 14.3 Å². The predicted molar refractivity (Wildman–Crippen MR) is 78.4 cm³/mol. The second-order valence-corrected chi connectivity index (χ2v) is 5.28. The number of rotatable bonds is 3. The number of nitrogens with zero attached hydrogens (tertiary/aromatic N) is 2. The summed E-state index contributed by atoms with van der Waals surface area (Å²) < 4.78 is 12.7. The van der Waals surface area contributed by atoms with Gasteiger partial charge in [0.2, 0.25) is 0 Å². The number of ether oxygens (including phenoxy) is 2. The van der Waals surface area contributed by atoms with Crippen LogP contribution in [-0.4, -0.2) is 28.8 Å². The largest absolute Gasteiger partial charge is 0.486 e. The molecular formula is C15H15ClN2O3. The monoisotopic (exact) mass is 306 g/mol. The molecule has 0 spiro atoms. The second-order valence-electron chi connectivity index (χ2n) is 4.90. The number of aryl methyl sites for hydroxylation is 2. The smallest absolute Gasteiger partial charge is 0.172 e. The van der Waals surface area contributed by atoms with Crippen LogP contribution in [0.15, 0.2) is 18.2 Å². The van der Waals surface area contributed by atoms with E-state index in [2.05, 4.69) is 5.10 Å². The quantitative estimate of drug-likeness (QED) is 0.818. The summed E-state index contributed by atoms with van der Waals surface area (Å²) in [5, 5.41) is 4.76. The lowest BCUT2D eigenvalue weighted by molar-refractivity contribution is 0.0979. The van der Waals surface area contributed by atoms with Gasteiger partial charge in [0.15, 0.2) is 17.3 Å². The molecule has 21 heavy (non-hydrogen) atoms. The topological polar surface area (TPSA) is 53.4 Å². The molecule has 0 bridgehead atoms. The Morgan fingerprint density at radius 2 is 2.14 bits per heavy atom. The van der Waals surface area contributed by atoms with Crippen molar-refractivity contribution in [3.8, 4) is 11.5 Å². The van der Waals surface area contributed by atoms with Gasteiger partial charge in [-0.2, -0.15) is 5.10 Å². The van der Waals surface area contributed by atoms with E-state index in [0.29, 0.717) is 41.0 Å². The maximum Gasteiger partial charge on any atom is 0.172 e. The third-order valence-electron chi connectivity index (χ3n) is 3.46.